The standard InChI is InChI=1S/C29H34ClN3O5S/c1-5-21(2)31-29(35)22(3)32(19-23-11-17-26(38-4)18-12-23)28(34)20-33(25-15-13-24(30)14-16-25)39(36,37)27-9-7-6-8-10-27/h6-18,21-22H,5,19-20H2,1-4H3,(H,31,35)/t21-,22+/m1/s1. The third-order valence-corrected chi connectivity index (χ3v) is 8.45. The molecular formula is C29H34ClN3O5S. The molecule has 0 heterocycles. The molecule has 2 atom stereocenters. The van der Waals surface area contributed by atoms with Crippen LogP contribution in [-0.4, -0.2) is 50.9 Å². The van der Waals surface area contributed by atoms with Gasteiger partial charge in [0, 0.05) is 17.6 Å². The van der Waals surface area contributed by atoms with E-state index in [2.05, 4.69) is 5.32 Å². The number of ether oxygens (including phenoxy) is 1. The number of rotatable bonds is 12. The fraction of sp³-hybridized carbons (Fsp3) is 0.310. The Balaban J connectivity index is 2.00. The molecule has 3 rings (SSSR count). The Bertz CT molecular complexity index is 1350. The molecule has 0 saturated heterocycles. The van der Waals surface area contributed by atoms with E-state index < -0.39 is 28.5 Å². The summed E-state index contributed by atoms with van der Waals surface area (Å²) in [5, 5.41) is 3.35. The molecule has 8 nitrogen and oxygen atoms in total. The van der Waals surface area contributed by atoms with Crippen molar-refractivity contribution >= 4 is 39.1 Å². The van der Waals surface area contributed by atoms with Crippen LogP contribution in [0, 0.1) is 0 Å². The molecule has 0 saturated carbocycles. The molecular weight excluding hydrogens is 538 g/mol. The number of carbonyl (C=O) groups excluding carboxylic acids is 2. The molecule has 208 valence electrons. The molecule has 3 aromatic carbocycles. The van der Waals surface area contributed by atoms with Gasteiger partial charge in [-0.1, -0.05) is 48.9 Å². The quantitative estimate of drug-likeness (QED) is 0.334. The van der Waals surface area contributed by atoms with Gasteiger partial charge in [0.25, 0.3) is 10.0 Å². The first-order valence-corrected chi connectivity index (χ1v) is 14.4. The lowest BCUT2D eigenvalue weighted by Crippen LogP contribution is -2.52. The minimum absolute atomic E-state index is 0.0389. The average Bonchev–Trinajstić information content (AvgIpc) is 2.95. The first-order chi connectivity index (χ1) is 18.6. The summed E-state index contributed by atoms with van der Waals surface area (Å²) in [4.78, 5) is 28.4. The summed E-state index contributed by atoms with van der Waals surface area (Å²) in [5.74, 6) is -0.204. The predicted octanol–water partition coefficient (Wildman–Crippen LogP) is 4.88. The van der Waals surface area contributed by atoms with Crippen LogP contribution in [0.15, 0.2) is 83.8 Å². The second kappa shape index (κ2) is 13.5. The zero-order chi connectivity index (χ0) is 28.6. The number of nitrogens with one attached hydrogen (secondary N) is 1. The van der Waals surface area contributed by atoms with E-state index in [4.69, 9.17) is 16.3 Å². The fourth-order valence-electron chi connectivity index (χ4n) is 3.83. The summed E-state index contributed by atoms with van der Waals surface area (Å²) in [5.41, 5.74) is 1.04. The minimum Gasteiger partial charge on any atom is -0.497 e. The minimum atomic E-state index is -4.12. The van der Waals surface area contributed by atoms with Crippen molar-refractivity contribution < 1.29 is 22.7 Å². The second-order valence-electron chi connectivity index (χ2n) is 9.16. The van der Waals surface area contributed by atoms with Crippen molar-refractivity contribution in [1.82, 2.24) is 10.2 Å². The van der Waals surface area contributed by atoms with E-state index in [9.17, 15) is 18.0 Å². The predicted molar refractivity (Wildman–Crippen MR) is 153 cm³/mol. The van der Waals surface area contributed by atoms with E-state index in [-0.39, 0.29) is 29.1 Å². The fourth-order valence-corrected chi connectivity index (χ4v) is 5.39. The van der Waals surface area contributed by atoms with Crippen LogP contribution >= 0.6 is 11.6 Å². The Labute approximate surface area is 235 Å². The van der Waals surface area contributed by atoms with E-state index in [0.29, 0.717) is 10.8 Å². The maximum Gasteiger partial charge on any atom is 0.264 e. The molecule has 0 aliphatic rings. The smallest absolute Gasteiger partial charge is 0.264 e. The molecule has 0 aliphatic heterocycles. The zero-order valence-corrected chi connectivity index (χ0v) is 24.1. The number of sulfonamides is 1. The van der Waals surface area contributed by atoms with Gasteiger partial charge in [-0.3, -0.25) is 13.9 Å². The highest BCUT2D eigenvalue weighted by atomic mass is 35.5. The van der Waals surface area contributed by atoms with Gasteiger partial charge in [0.2, 0.25) is 11.8 Å². The molecule has 1 N–H and O–H groups in total. The summed E-state index contributed by atoms with van der Waals surface area (Å²) in [6.07, 6.45) is 0.727. The summed E-state index contributed by atoms with van der Waals surface area (Å²) >= 11 is 6.05. The van der Waals surface area contributed by atoms with Crippen molar-refractivity contribution in [2.75, 3.05) is 18.0 Å². The van der Waals surface area contributed by atoms with E-state index >= 15 is 0 Å². The van der Waals surface area contributed by atoms with E-state index in [0.717, 1.165) is 16.3 Å². The Morgan fingerprint density at radius 1 is 0.949 bits per heavy atom. The summed E-state index contributed by atoms with van der Waals surface area (Å²) in [6.45, 7) is 5.05. The number of hydrogen-bond donors (Lipinski definition) is 1. The van der Waals surface area contributed by atoms with Gasteiger partial charge in [-0.15, -0.1) is 0 Å². The maximum atomic E-state index is 13.9. The van der Waals surface area contributed by atoms with Crippen LogP contribution in [0.1, 0.15) is 32.8 Å². The van der Waals surface area contributed by atoms with Crippen molar-refractivity contribution in [3.05, 3.63) is 89.4 Å². The van der Waals surface area contributed by atoms with Gasteiger partial charge in [0.15, 0.2) is 0 Å². The maximum absolute atomic E-state index is 13.9. The molecule has 3 aromatic rings. The number of carbonyl (C=O) groups is 2. The topological polar surface area (TPSA) is 96.0 Å². The molecule has 0 fully saturated rings. The largest absolute Gasteiger partial charge is 0.497 e. The van der Waals surface area contributed by atoms with Crippen molar-refractivity contribution in [3.63, 3.8) is 0 Å². The van der Waals surface area contributed by atoms with Gasteiger partial charge in [-0.05, 0) is 74.4 Å². The molecule has 0 spiro atoms. The molecule has 0 unspecified atom stereocenters. The Hall–Kier alpha value is -3.56. The second-order valence-corrected chi connectivity index (χ2v) is 11.5. The van der Waals surface area contributed by atoms with Crippen LogP contribution in [0.25, 0.3) is 0 Å². The Kier molecular flexibility index (Phi) is 10.4. The molecule has 2 amide bonds. The number of benzene rings is 3. The lowest BCUT2D eigenvalue weighted by atomic mass is 10.1. The van der Waals surface area contributed by atoms with Gasteiger partial charge in [0.1, 0.15) is 18.3 Å². The number of methoxy groups -OCH3 is 1. The highest BCUT2D eigenvalue weighted by Crippen LogP contribution is 2.26. The van der Waals surface area contributed by atoms with Crippen LogP contribution in [0.4, 0.5) is 5.69 Å². The molecule has 10 heteroatoms. The third-order valence-electron chi connectivity index (χ3n) is 6.40. The molecule has 0 radical (unpaired) electrons. The zero-order valence-electron chi connectivity index (χ0n) is 22.5. The van der Waals surface area contributed by atoms with Crippen LogP contribution in [0.3, 0.4) is 0 Å². The van der Waals surface area contributed by atoms with Crippen LogP contribution in [0.5, 0.6) is 5.75 Å². The van der Waals surface area contributed by atoms with Gasteiger partial charge < -0.3 is 15.0 Å². The number of nitrogens with zero attached hydrogens (tertiary/aromatic N) is 2. The van der Waals surface area contributed by atoms with Gasteiger partial charge in [-0.25, -0.2) is 8.42 Å². The number of hydrogen-bond acceptors (Lipinski definition) is 5. The van der Waals surface area contributed by atoms with E-state index in [1.807, 2.05) is 13.8 Å². The first kappa shape index (κ1) is 30.0. The monoisotopic (exact) mass is 571 g/mol. The van der Waals surface area contributed by atoms with E-state index in [1.54, 1.807) is 80.8 Å². The van der Waals surface area contributed by atoms with Crippen molar-refractivity contribution in [3.8, 4) is 5.75 Å². The van der Waals surface area contributed by atoms with Crippen LogP contribution in [-0.2, 0) is 26.2 Å². The summed E-state index contributed by atoms with van der Waals surface area (Å²) < 4.78 is 33.7. The van der Waals surface area contributed by atoms with Crippen LogP contribution in [0.2, 0.25) is 5.02 Å². The third kappa shape index (κ3) is 7.74. The van der Waals surface area contributed by atoms with Gasteiger partial charge >= 0.3 is 0 Å². The number of anilines is 1. The normalized spacial score (nSPS) is 12.7. The lowest BCUT2D eigenvalue weighted by Gasteiger charge is -2.32. The Morgan fingerprint density at radius 3 is 2.13 bits per heavy atom. The molecule has 0 aromatic heterocycles. The summed E-state index contributed by atoms with van der Waals surface area (Å²) in [6, 6.07) is 20.3. The number of halogens is 1. The lowest BCUT2D eigenvalue weighted by molar-refractivity contribution is -0.139. The highest BCUT2D eigenvalue weighted by Gasteiger charge is 2.32. The molecule has 0 aliphatic carbocycles. The van der Waals surface area contributed by atoms with Gasteiger partial charge in [-0.2, -0.15) is 0 Å². The number of amides is 2. The van der Waals surface area contributed by atoms with Crippen molar-refractivity contribution in [2.24, 2.45) is 0 Å². The van der Waals surface area contributed by atoms with Crippen LogP contribution < -0.4 is 14.4 Å². The molecule has 39 heavy (non-hydrogen) atoms. The molecule has 0 bridgehead atoms. The SMILES string of the molecule is CC[C@@H](C)NC(=O)[C@H](C)N(Cc1ccc(OC)cc1)C(=O)CN(c1ccc(Cl)cc1)S(=O)(=O)c1ccccc1. The Morgan fingerprint density at radius 2 is 1.56 bits per heavy atom. The van der Waals surface area contributed by atoms with Gasteiger partial charge in [0.05, 0.1) is 17.7 Å². The average molecular weight is 572 g/mol. The van der Waals surface area contributed by atoms with E-state index in [1.165, 1.54) is 17.0 Å². The summed E-state index contributed by atoms with van der Waals surface area (Å²) in [7, 11) is -2.56. The van der Waals surface area contributed by atoms with Crippen molar-refractivity contribution in [2.45, 2.75) is 50.7 Å². The van der Waals surface area contributed by atoms with Crippen molar-refractivity contribution in [1.29, 1.82) is 0 Å². The highest BCUT2D eigenvalue weighted by molar-refractivity contribution is 7.92. The first-order valence-electron chi connectivity index (χ1n) is 12.6.